The van der Waals surface area contributed by atoms with E-state index in [4.69, 9.17) is 16.3 Å². The normalized spacial score (nSPS) is 10.3. The van der Waals surface area contributed by atoms with Crippen LogP contribution in [0, 0.1) is 13.8 Å². The minimum absolute atomic E-state index is 0.0790. The Labute approximate surface area is 141 Å². The number of rotatable bonds is 6. The number of amides is 1. The molecule has 0 fully saturated rings. The Balaban J connectivity index is 1.89. The van der Waals surface area contributed by atoms with Crippen LogP contribution in [0.3, 0.4) is 0 Å². The molecule has 122 valence electrons. The topological polar surface area (TPSA) is 50.4 Å². The molecular weight excluding hydrogens is 312 g/mol. The molecule has 23 heavy (non-hydrogen) atoms. The van der Waals surface area contributed by atoms with Crippen LogP contribution in [0.15, 0.2) is 36.4 Å². The fourth-order valence-electron chi connectivity index (χ4n) is 2.13. The van der Waals surface area contributed by atoms with Crippen molar-refractivity contribution >= 4 is 28.9 Å². The van der Waals surface area contributed by atoms with Crippen molar-refractivity contribution in [3.05, 3.63) is 52.5 Å². The van der Waals surface area contributed by atoms with Crippen molar-refractivity contribution < 1.29 is 9.53 Å². The second-order valence-corrected chi connectivity index (χ2v) is 5.80. The second kappa shape index (κ2) is 7.88. The van der Waals surface area contributed by atoms with Gasteiger partial charge in [-0.2, -0.15) is 0 Å². The van der Waals surface area contributed by atoms with E-state index in [0.717, 1.165) is 11.3 Å². The molecule has 4 nitrogen and oxygen atoms in total. The molecular formula is C18H21ClN2O2. The summed E-state index contributed by atoms with van der Waals surface area (Å²) in [6.45, 7) is 4.48. The fourth-order valence-corrected chi connectivity index (χ4v) is 2.29. The maximum atomic E-state index is 12.1. The molecule has 2 aromatic rings. The zero-order chi connectivity index (χ0) is 16.8. The number of benzene rings is 2. The first-order valence-electron chi connectivity index (χ1n) is 7.44. The predicted octanol–water partition coefficient (Wildman–Crippen LogP) is 4.41. The standard InChI is InChI=1S/C18H21ClN2O2/c1-12-4-6-14(7-5-12)20-9-8-18(22)21-16-10-13(2)15(19)11-17(16)23-3/h4-7,10-11,20H,8-9H2,1-3H3,(H,21,22). The Morgan fingerprint density at radius 3 is 2.52 bits per heavy atom. The van der Waals surface area contributed by atoms with E-state index in [-0.39, 0.29) is 5.91 Å². The van der Waals surface area contributed by atoms with Gasteiger partial charge in [0.05, 0.1) is 12.8 Å². The maximum absolute atomic E-state index is 12.1. The number of ether oxygens (including phenoxy) is 1. The third-order valence-electron chi connectivity index (χ3n) is 3.49. The number of halogens is 1. The van der Waals surface area contributed by atoms with Crippen molar-refractivity contribution in [3.8, 4) is 5.75 Å². The van der Waals surface area contributed by atoms with Crippen LogP contribution in [0.5, 0.6) is 5.75 Å². The minimum Gasteiger partial charge on any atom is -0.495 e. The molecule has 0 radical (unpaired) electrons. The number of nitrogens with one attached hydrogen (secondary N) is 2. The lowest BCUT2D eigenvalue weighted by Crippen LogP contribution is -2.16. The second-order valence-electron chi connectivity index (χ2n) is 5.39. The quantitative estimate of drug-likeness (QED) is 0.824. The van der Waals surface area contributed by atoms with Crippen molar-refractivity contribution in [1.82, 2.24) is 0 Å². The van der Waals surface area contributed by atoms with Crippen LogP contribution in [0.1, 0.15) is 17.5 Å². The number of hydrogen-bond acceptors (Lipinski definition) is 3. The lowest BCUT2D eigenvalue weighted by molar-refractivity contribution is -0.115. The van der Waals surface area contributed by atoms with Gasteiger partial charge >= 0.3 is 0 Å². The Morgan fingerprint density at radius 2 is 1.87 bits per heavy atom. The van der Waals surface area contributed by atoms with Gasteiger partial charge in [-0.25, -0.2) is 0 Å². The van der Waals surface area contributed by atoms with Crippen LogP contribution in [-0.4, -0.2) is 19.6 Å². The molecule has 2 rings (SSSR count). The molecule has 0 aromatic heterocycles. The molecule has 0 atom stereocenters. The van der Waals surface area contributed by atoms with Crippen molar-refractivity contribution in [2.24, 2.45) is 0 Å². The Morgan fingerprint density at radius 1 is 1.17 bits per heavy atom. The lowest BCUT2D eigenvalue weighted by atomic mass is 10.2. The largest absolute Gasteiger partial charge is 0.495 e. The number of carbonyl (C=O) groups excluding carboxylic acids is 1. The molecule has 0 heterocycles. The van der Waals surface area contributed by atoms with E-state index in [1.807, 2.05) is 44.2 Å². The number of carbonyl (C=O) groups is 1. The Bertz CT molecular complexity index is 684. The van der Waals surface area contributed by atoms with E-state index in [1.165, 1.54) is 5.56 Å². The first kappa shape index (κ1) is 17.2. The highest BCUT2D eigenvalue weighted by Crippen LogP contribution is 2.30. The van der Waals surface area contributed by atoms with E-state index in [2.05, 4.69) is 10.6 Å². The van der Waals surface area contributed by atoms with Gasteiger partial charge < -0.3 is 15.4 Å². The number of anilines is 2. The predicted molar refractivity (Wildman–Crippen MR) is 95.7 cm³/mol. The summed E-state index contributed by atoms with van der Waals surface area (Å²) in [4.78, 5) is 12.1. The third-order valence-corrected chi connectivity index (χ3v) is 3.89. The van der Waals surface area contributed by atoms with Crippen LogP contribution in [0.25, 0.3) is 0 Å². The van der Waals surface area contributed by atoms with Gasteiger partial charge in [0.25, 0.3) is 0 Å². The number of methoxy groups -OCH3 is 1. The zero-order valence-corrected chi connectivity index (χ0v) is 14.3. The fraction of sp³-hybridized carbons (Fsp3) is 0.278. The Kier molecular flexibility index (Phi) is 5.88. The maximum Gasteiger partial charge on any atom is 0.226 e. The molecule has 0 saturated heterocycles. The summed E-state index contributed by atoms with van der Waals surface area (Å²) in [5.74, 6) is 0.477. The van der Waals surface area contributed by atoms with Gasteiger partial charge in [0.2, 0.25) is 5.91 Å². The Hall–Kier alpha value is -2.20. The zero-order valence-electron chi connectivity index (χ0n) is 13.6. The van der Waals surface area contributed by atoms with E-state index in [1.54, 1.807) is 13.2 Å². The highest BCUT2D eigenvalue weighted by atomic mass is 35.5. The molecule has 2 N–H and O–H groups in total. The van der Waals surface area contributed by atoms with E-state index in [0.29, 0.717) is 29.4 Å². The smallest absolute Gasteiger partial charge is 0.226 e. The first-order valence-corrected chi connectivity index (χ1v) is 7.82. The number of hydrogen-bond donors (Lipinski definition) is 2. The van der Waals surface area contributed by atoms with Crippen LogP contribution in [-0.2, 0) is 4.79 Å². The first-order chi connectivity index (χ1) is 11.0. The molecule has 0 aliphatic heterocycles. The van der Waals surface area contributed by atoms with Crippen LogP contribution in [0.2, 0.25) is 5.02 Å². The van der Waals surface area contributed by atoms with Crippen molar-refractivity contribution in [2.75, 3.05) is 24.3 Å². The van der Waals surface area contributed by atoms with Crippen molar-refractivity contribution in [2.45, 2.75) is 20.3 Å². The van der Waals surface area contributed by atoms with Gasteiger partial charge in [0.1, 0.15) is 5.75 Å². The van der Waals surface area contributed by atoms with Gasteiger partial charge in [0.15, 0.2) is 0 Å². The molecule has 0 unspecified atom stereocenters. The van der Waals surface area contributed by atoms with Crippen molar-refractivity contribution in [1.29, 1.82) is 0 Å². The lowest BCUT2D eigenvalue weighted by Gasteiger charge is -2.12. The average Bonchev–Trinajstić information content (AvgIpc) is 2.52. The monoisotopic (exact) mass is 332 g/mol. The molecule has 0 aliphatic carbocycles. The molecule has 0 bridgehead atoms. The summed E-state index contributed by atoms with van der Waals surface area (Å²) in [6, 6.07) is 11.6. The average molecular weight is 333 g/mol. The molecule has 0 saturated carbocycles. The molecule has 0 aliphatic rings. The SMILES string of the molecule is COc1cc(Cl)c(C)cc1NC(=O)CCNc1ccc(C)cc1. The molecule has 5 heteroatoms. The summed E-state index contributed by atoms with van der Waals surface area (Å²) in [7, 11) is 1.55. The van der Waals surface area contributed by atoms with Crippen LogP contribution >= 0.6 is 11.6 Å². The van der Waals surface area contributed by atoms with Crippen LogP contribution < -0.4 is 15.4 Å². The van der Waals surface area contributed by atoms with Gasteiger partial charge in [0, 0.05) is 29.7 Å². The van der Waals surface area contributed by atoms with Crippen molar-refractivity contribution in [3.63, 3.8) is 0 Å². The van der Waals surface area contributed by atoms with E-state index >= 15 is 0 Å². The summed E-state index contributed by atoms with van der Waals surface area (Å²) >= 11 is 6.06. The van der Waals surface area contributed by atoms with Gasteiger partial charge in [-0.15, -0.1) is 0 Å². The summed E-state index contributed by atoms with van der Waals surface area (Å²) in [5.41, 5.74) is 3.73. The van der Waals surface area contributed by atoms with E-state index in [9.17, 15) is 4.79 Å². The molecule has 2 aromatic carbocycles. The van der Waals surface area contributed by atoms with Gasteiger partial charge in [-0.3, -0.25) is 4.79 Å². The van der Waals surface area contributed by atoms with Crippen LogP contribution in [0.4, 0.5) is 11.4 Å². The van der Waals surface area contributed by atoms with Gasteiger partial charge in [-0.1, -0.05) is 29.3 Å². The molecule has 1 amide bonds. The highest BCUT2D eigenvalue weighted by molar-refractivity contribution is 6.31. The van der Waals surface area contributed by atoms with E-state index < -0.39 is 0 Å². The molecule has 0 spiro atoms. The summed E-state index contributed by atoms with van der Waals surface area (Å²) in [6.07, 6.45) is 0.360. The van der Waals surface area contributed by atoms with Gasteiger partial charge in [-0.05, 0) is 37.6 Å². The minimum atomic E-state index is -0.0790. The highest BCUT2D eigenvalue weighted by Gasteiger charge is 2.10. The number of aryl methyl sites for hydroxylation is 2. The third kappa shape index (κ3) is 4.89. The summed E-state index contributed by atoms with van der Waals surface area (Å²) < 4.78 is 5.25. The summed E-state index contributed by atoms with van der Waals surface area (Å²) in [5, 5.41) is 6.70.